The predicted octanol–water partition coefficient (Wildman–Crippen LogP) is 7.10. The zero-order valence-electron chi connectivity index (χ0n) is 21.2. The first-order valence-electron chi connectivity index (χ1n) is 12.4. The number of nitrogens with zero attached hydrogens (tertiary/aromatic N) is 1. The molecule has 0 saturated heterocycles. The summed E-state index contributed by atoms with van der Waals surface area (Å²) in [5, 5.41) is 0. The molecule has 0 spiro atoms. The van der Waals surface area contributed by atoms with Crippen LogP contribution in [0.3, 0.4) is 0 Å². The van der Waals surface area contributed by atoms with Gasteiger partial charge in [-0.25, -0.2) is 0 Å². The van der Waals surface area contributed by atoms with Crippen molar-refractivity contribution in [1.29, 1.82) is 0 Å². The van der Waals surface area contributed by atoms with Crippen molar-refractivity contribution >= 4 is 11.1 Å². The average Bonchev–Trinajstić information content (AvgIpc) is 2.86. The molecule has 0 aromatic heterocycles. The van der Waals surface area contributed by atoms with Gasteiger partial charge in [-0.15, -0.1) is 0 Å². The highest BCUT2D eigenvalue weighted by molar-refractivity contribution is 6.00. The van der Waals surface area contributed by atoms with Gasteiger partial charge in [-0.2, -0.15) is 0 Å². The molecule has 3 nitrogen and oxygen atoms in total. The summed E-state index contributed by atoms with van der Waals surface area (Å²) in [5.74, 6) is 1.81. The van der Waals surface area contributed by atoms with Gasteiger partial charge < -0.3 is 9.47 Å². The SMILES string of the molecule is COc1ccc(C2=C(c3ccc(OCCN(C(C)C)C(C)C)cc3)c3ccccc3CC2)cc1. The Morgan fingerprint density at radius 2 is 1.35 bits per heavy atom. The van der Waals surface area contributed by atoms with Crippen molar-refractivity contribution in [2.45, 2.75) is 52.6 Å². The molecular weight excluding hydrogens is 418 g/mol. The third-order valence-electron chi connectivity index (χ3n) is 6.76. The molecule has 0 unspecified atom stereocenters. The number of methoxy groups -OCH3 is 1. The number of hydrogen-bond acceptors (Lipinski definition) is 3. The second-order valence-corrected chi connectivity index (χ2v) is 9.54. The highest BCUT2D eigenvalue weighted by Gasteiger charge is 2.21. The van der Waals surface area contributed by atoms with Crippen molar-refractivity contribution in [1.82, 2.24) is 4.90 Å². The molecule has 0 bridgehead atoms. The van der Waals surface area contributed by atoms with Gasteiger partial charge in [-0.05, 0) is 98.2 Å². The van der Waals surface area contributed by atoms with Crippen LogP contribution in [0.5, 0.6) is 11.5 Å². The summed E-state index contributed by atoms with van der Waals surface area (Å²) < 4.78 is 11.5. The molecule has 0 N–H and O–H groups in total. The van der Waals surface area contributed by atoms with Crippen LogP contribution in [-0.4, -0.2) is 37.2 Å². The molecule has 0 amide bonds. The zero-order valence-corrected chi connectivity index (χ0v) is 21.2. The number of hydrogen-bond donors (Lipinski definition) is 0. The first-order valence-corrected chi connectivity index (χ1v) is 12.4. The third kappa shape index (κ3) is 5.37. The molecule has 178 valence electrons. The van der Waals surface area contributed by atoms with Crippen LogP contribution >= 0.6 is 0 Å². The molecule has 3 aromatic rings. The fraction of sp³-hybridized carbons (Fsp3) is 0.355. The summed E-state index contributed by atoms with van der Waals surface area (Å²) in [4.78, 5) is 2.46. The maximum absolute atomic E-state index is 6.11. The molecule has 3 heteroatoms. The molecule has 3 aromatic carbocycles. The van der Waals surface area contributed by atoms with E-state index in [1.807, 2.05) is 0 Å². The van der Waals surface area contributed by atoms with Crippen molar-refractivity contribution in [2.75, 3.05) is 20.3 Å². The van der Waals surface area contributed by atoms with E-state index in [9.17, 15) is 0 Å². The molecule has 1 aliphatic carbocycles. The number of rotatable bonds is 9. The molecule has 34 heavy (non-hydrogen) atoms. The lowest BCUT2D eigenvalue weighted by Gasteiger charge is -2.30. The van der Waals surface area contributed by atoms with Crippen molar-refractivity contribution in [3.63, 3.8) is 0 Å². The van der Waals surface area contributed by atoms with Crippen molar-refractivity contribution in [2.24, 2.45) is 0 Å². The number of aryl methyl sites for hydroxylation is 1. The smallest absolute Gasteiger partial charge is 0.119 e. The molecule has 4 rings (SSSR count). The number of benzene rings is 3. The van der Waals surface area contributed by atoms with Crippen molar-refractivity contribution in [3.05, 3.63) is 95.1 Å². The van der Waals surface area contributed by atoms with Crippen LogP contribution in [0.1, 0.15) is 56.4 Å². The Morgan fingerprint density at radius 3 is 2.00 bits per heavy atom. The Bertz CT molecular complexity index is 1100. The Hall–Kier alpha value is -3.04. The number of allylic oxidation sites excluding steroid dienone is 1. The van der Waals surface area contributed by atoms with Gasteiger partial charge in [0.1, 0.15) is 18.1 Å². The van der Waals surface area contributed by atoms with E-state index in [-0.39, 0.29) is 0 Å². The van der Waals surface area contributed by atoms with E-state index >= 15 is 0 Å². The zero-order chi connectivity index (χ0) is 24.1. The lowest BCUT2D eigenvalue weighted by molar-refractivity contribution is 0.142. The van der Waals surface area contributed by atoms with Gasteiger partial charge in [0.05, 0.1) is 7.11 Å². The topological polar surface area (TPSA) is 21.7 Å². The fourth-order valence-corrected chi connectivity index (χ4v) is 5.04. The van der Waals surface area contributed by atoms with Crippen LogP contribution in [0.25, 0.3) is 11.1 Å². The summed E-state index contributed by atoms with van der Waals surface area (Å²) >= 11 is 0. The van der Waals surface area contributed by atoms with E-state index in [0.717, 1.165) is 30.9 Å². The molecule has 0 atom stereocenters. The van der Waals surface area contributed by atoms with Gasteiger partial charge in [0, 0.05) is 18.6 Å². The van der Waals surface area contributed by atoms with Crippen LogP contribution in [0.2, 0.25) is 0 Å². The maximum Gasteiger partial charge on any atom is 0.119 e. The van der Waals surface area contributed by atoms with Crippen LogP contribution in [-0.2, 0) is 6.42 Å². The summed E-state index contributed by atoms with van der Waals surface area (Å²) in [7, 11) is 1.71. The Balaban J connectivity index is 1.61. The quantitative estimate of drug-likeness (QED) is 0.343. The lowest BCUT2D eigenvalue weighted by Crippen LogP contribution is -2.39. The van der Waals surface area contributed by atoms with Crippen molar-refractivity contribution in [3.8, 4) is 11.5 Å². The average molecular weight is 456 g/mol. The molecule has 0 saturated carbocycles. The van der Waals surface area contributed by atoms with E-state index in [4.69, 9.17) is 9.47 Å². The normalized spacial score (nSPS) is 13.5. The molecule has 0 fully saturated rings. The minimum atomic E-state index is 0.514. The summed E-state index contributed by atoms with van der Waals surface area (Å²) in [6.45, 7) is 10.6. The molecule has 0 aliphatic heterocycles. The van der Waals surface area contributed by atoms with Gasteiger partial charge in [0.15, 0.2) is 0 Å². The molecule has 1 aliphatic rings. The van der Waals surface area contributed by atoms with Gasteiger partial charge in [-0.3, -0.25) is 4.90 Å². The van der Waals surface area contributed by atoms with Gasteiger partial charge in [0.2, 0.25) is 0 Å². The maximum atomic E-state index is 6.11. The largest absolute Gasteiger partial charge is 0.497 e. The van der Waals surface area contributed by atoms with E-state index in [1.165, 1.54) is 33.4 Å². The van der Waals surface area contributed by atoms with E-state index in [0.29, 0.717) is 18.7 Å². The Kier molecular flexibility index (Phi) is 7.74. The van der Waals surface area contributed by atoms with Crippen LogP contribution < -0.4 is 9.47 Å². The summed E-state index contributed by atoms with van der Waals surface area (Å²) in [5.41, 5.74) is 7.95. The monoisotopic (exact) mass is 455 g/mol. The van der Waals surface area contributed by atoms with Crippen LogP contribution in [0.4, 0.5) is 0 Å². The summed E-state index contributed by atoms with van der Waals surface area (Å²) in [6, 6.07) is 26.9. The van der Waals surface area contributed by atoms with E-state index < -0.39 is 0 Å². The van der Waals surface area contributed by atoms with Crippen LogP contribution in [0, 0.1) is 0 Å². The number of fused-ring (bicyclic) bond motifs is 1. The van der Waals surface area contributed by atoms with E-state index in [1.54, 1.807) is 7.11 Å². The van der Waals surface area contributed by atoms with Gasteiger partial charge in [-0.1, -0.05) is 48.5 Å². The predicted molar refractivity (Wildman–Crippen MR) is 143 cm³/mol. The molecular formula is C31H37NO2. The highest BCUT2D eigenvalue weighted by atomic mass is 16.5. The first kappa shape index (κ1) is 24.1. The van der Waals surface area contributed by atoms with E-state index in [2.05, 4.69) is 105 Å². The van der Waals surface area contributed by atoms with Gasteiger partial charge >= 0.3 is 0 Å². The van der Waals surface area contributed by atoms with Crippen molar-refractivity contribution < 1.29 is 9.47 Å². The Morgan fingerprint density at radius 1 is 0.735 bits per heavy atom. The fourth-order valence-electron chi connectivity index (χ4n) is 5.04. The third-order valence-corrected chi connectivity index (χ3v) is 6.76. The second-order valence-electron chi connectivity index (χ2n) is 9.54. The first-order chi connectivity index (χ1) is 16.5. The minimum Gasteiger partial charge on any atom is -0.497 e. The highest BCUT2D eigenvalue weighted by Crippen LogP contribution is 2.41. The van der Waals surface area contributed by atoms with Gasteiger partial charge in [0.25, 0.3) is 0 Å². The second kappa shape index (κ2) is 10.9. The van der Waals surface area contributed by atoms with Crippen LogP contribution in [0.15, 0.2) is 72.8 Å². The number of ether oxygens (including phenoxy) is 2. The minimum absolute atomic E-state index is 0.514. The standard InChI is InChI=1S/C31H37NO2/c1-22(2)32(23(3)4)20-21-34-28-17-12-26(13-18-28)31-29-9-7-6-8-24(29)14-19-30(31)25-10-15-27(33-5)16-11-25/h6-13,15-18,22-23H,14,19-21H2,1-5H3. The summed E-state index contributed by atoms with van der Waals surface area (Å²) in [6.07, 6.45) is 2.08. The Labute approximate surface area is 205 Å². The molecule has 0 radical (unpaired) electrons. The molecule has 0 heterocycles. The lowest BCUT2D eigenvalue weighted by atomic mass is 9.80.